The predicted octanol–water partition coefficient (Wildman–Crippen LogP) is 4.49. The van der Waals surface area contributed by atoms with Crippen LogP contribution in [0.3, 0.4) is 0 Å². The third-order valence-electron chi connectivity index (χ3n) is 4.45. The van der Waals surface area contributed by atoms with Crippen LogP contribution in [0.1, 0.15) is 58.8 Å². The third kappa shape index (κ3) is 5.10. The smallest absolute Gasteiger partial charge is 0.286 e. The Balaban J connectivity index is 1.61. The lowest BCUT2D eigenvalue weighted by Gasteiger charge is -2.19. The summed E-state index contributed by atoms with van der Waals surface area (Å²) in [5.74, 6) is 0.256. The zero-order valence-electron chi connectivity index (χ0n) is 16.0. The van der Waals surface area contributed by atoms with Crippen molar-refractivity contribution in [2.24, 2.45) is 0 Å². The Morgan fingerprint density at radius 2 is 1.79 bits per heavy atom. The summed E-state index contributed by atoms with van der Waals surface area (Å²) in [5.41, 5.74) is 2.31. The Morgan fingerprint density at radius 1 is 1.04 bits per heavy atom. The number of furan rings is 1. The van der Waals surface area contributed by atoms with E-state index in [1.54, 1.807) is 23.5 Å². The second-order valence-corrected chi connectivity index (χ2v) is 7.80. The molecule has 0 aliphatic rings. The predicted molar refractivity (Wildman–Crippen MR) is 110 cm³/mol. The first-order chi connectivity index (χ1) is 13.5. The first kappa shape index (κ1) is 19.9. The molecule has 2 aromatic heterocycles. The fourth-order valence-electron chi connectivity index (χ4n) is 2.87. The van der Waals surface area contributed by atoms with Gasteiger partial charge in [0.1, 0.15) is 0 Å². The molecule has 0 fully saturated rings. The van der Waals surface area contributed by atoms with Crippen molar-refractivity contribution in [2.45, 2.75) is 32.2 Å². The van der Waals surface area contributed by atoms with Crippen LogP contribution in [0.5, 0.6) is 0 Å². The fourth-order valence-corrected chi connectivity index (χ4v) is 3.67. The number of amides is 2. The average molecular weight is 397 g/mol. The standard InChI is InChI=1S/C22H24N2O3S/c1-15(2)16-7-9-17(10-8-16)21(19-6-4-14-28-19)24-20(25)11-12-23-22(26)18-5-3-13-27-18/h3-10,13-15,21H,11-12H2,1-2H3,(H,23,26)(H,24,25). The van der Waals surface area contributed by atoms with Crippen molar-refractivity contribution in [3.05, 3.63) is 81.9 Å². The van der Waals surface area contributed by atoms with Gasteiger partial charge in [-0.15, -0.1) is 11.3 Å². The van der Waals surface area contributed by atoms with E-state index in [4.69, 9.17) is 4.42 Å². The van der Waals surface area contributed by atoms with Gasteiger partial charge < -0.3 is 15.1 Å². The Labute approximate surface area is 168 Å². The van der Waals surface area contributed by atoms with E-state index >= 15 is 0 Å². The summed E-state index contributed by atoms with van der Waals surface area (Å²) in [6.45, 7) is 4.56. The molecule has 146 valence electrons. The molecular weight excluding hydrogens is 372 g/mol. The van der Waals surface area contributed by atoms with Crippen LogP contribution in [0.2, 0.25) is 0 Å². The maximum Gasteiger partial charge on any atom is 0.286 e. The van der Waals surface area contributed by atoms with Crippen molar-refractivity contribution in [1.82, 2.24) is 10.6 Å². The highest BCUT2D eigenvalue weighted by Crippen LogP contribution is 2.27. The molecule has 1 unspecified atom stereocenters. The number of thiophene rings is 1. The first-order valence-electron chi connectivity index (χ1n) is 9.29. The lowest BCUT2D eigenvalue weighted by molar-refractivity contribution is -0.121. The lowest BCUT2D eigenvalue weighted by atomic mass is 9.98. The van der Waals surface area contributed by atoms with Crippen molar-refractivity contribution in [2.75, 3.05) is 6.54 Å². The maximum absolute atomic E-state index is 12.5. The van der Waals surface area contributed by atoms with Crippen LogP contribution in [0, 0.1) is 0 Å². The van der Waals surface area contributed by atoms with Crippen LogP contribution < -0.4 is 10.6 Å². The highest BCUT2D eigenvalue weighted by molar-refractivity contribution is 7.10. The summed E-state index contributed by atoms with van der Waals surface area (Å²) in [7, 11) is 0. The van der Waals surface area contributed by atoms with E-state index in [-0.39, 0.29) is 36.6 Å². The minimum Gasteiger partial charge on any atom is -0.459 e. The molecule has 3 rings (SSSR count). The molecule has 2 amide bonds. The van der Waals surface area contributed by atoms with E-state index in [0.29, 0.717) is 5.92 Å². The summed E-state index contributed by atoms with van der Waals surface area (Å²) in [5, 5.41) is 7.78. The zero-order valence-corrected chi connectivity index (χ0v) is 16.8. The average Bonchev–Trinajstić information content (AvgIpc) is 3.40. The van der Waals surface area contributed by atoms with Gasteiger partial charge in [0.15, 0.2) is 5.76 Å². The normalized spacial score (nSPS) is 12.0. The molecule has 5 nitrogen and oxygen atoms in total. The van der Waals surface area contributed by atoms with Gasteiger partial charge in [-0.05, 0) is 40.6 Å². The third-order valence-corrected chi connectivity index (χ3v) is 5.39. The molecule has 1 aromatic carbocycles. The van der Waals surface area contributed by atoms with E-state index in [2.05, 4.69) is 48.7 Å². The van der Waals surface area contributed by atoms with Crippen molar-refractivity contribution in [3.63, 3.8) is 0 Å². The van der Waals surface area contributed by atoms with E-state index < -0.39 is 0 Å². The number of hydrogen-bond acceptors (Lipinski definition) is 4. The van der Waals surface area contributed by atoms with Crippen LogP contribution >= 0.6 is 11.3 Å². The van der Waals surface area contributed by atoms with Crippen molar-refractivity contribution in [1.29, 1.82) is 0 Å². The van der Waals surface area contributed by atoms with Crippen molar-refractivity contribution in [3.8, 4) is 0 Å². The molecule has 0 radical (unpaired) electrons. The fraction of sp³-hybridized carbons (Fsp3) is 0.273. The Bertz CT molecular complexity index is 885. The SMILES string of the molecule is CC(C)c1ccc(C(NC(=O)CCNC(=O)c2ccco2)c2cccs2)cc1. The number of benzene rings is 1. The second kappa shape index (κ2) is 9.37. The molecule has 0 spiro atoms. The Kier molecular flexibility index (Phi) is 6.66. The molecule has 0 saturated heterocycles. The van der Waals surface area contributed by atoms with E-state index in [1.165, 1.54) is 11.8 Å². The van der Waals surface area contributed by atoms with E-state index in [0.717, 1.165) is 10.4 Å². The monoisotopic (exact) mass is 396 g/mol. The van der Waals surface area contributed by atoms with Gasteiger partial charge in [-0.25, -0.2) is 0 Å². The minimum absolute atomic E-state index is 0.119. The van der Waals surface area contributed by atoms with Gasteiger partial charge in [-0.2, -0.15) is 0 Å². The number of carbonyl (C=O) groups is 2. The van der Waals surface area contributed by atoms with Crippen molar-refractivity contribution >= 4 is 23.2 Å². The summed E-state index contributed by atoms with van der Waals surface area (Å²) >= 11 is 1.61. The van der Waals surface area contributed by atoms with Gasteiger partial charge in [0.05, 0.1) is 12.3 Å². The first-order valence-corrected chi connectivity index (χ1v) is 10.2. The van der Waals surface area contributed by atoms with Gasteiger partial charge >= 0.3 is 0 Å². The van der Waals surface area contributed by atoms with Crippen LogP contribution in [-0.2, 0) is 4.79 Å². The molecule has 2 heterocycles. The quantitative estimate of drug-likeness (QED) is 0.589. The van der Waals surface area contributed by atoms with Gasteiger partial charge in [-0.1, -0.05) is 44.2 Å². The highest BCUT2D eigenvalue weighted by atomic mass is 32.1. The number of nitrogens with one attached hydrogen (secondary N) is 2. The summed E-state index contributed by atoms with van der Waals surface area (Å²) in [4.78, 5) is 25.4. The summed E-state index contributed by atoms with van der Waals surface area (Å²) in [6, 6.07) is 15.4. The topological polar surface area (TPSA) is 71.3 Å². The molecule has 0 aliphatic heterocycles. The molecular formula is C22H24N2O3S. The Hall–Kier alpha value is -2.86. The number of hydrogen-bond donors (Lipinski definition) is 2. The van der Waals surface area contributed by atoms with Gasteiger partial charge in [0, 0.05) is 17.8 Å². The summed E-state index contributed by atoms with van der Waals surface area (Å²) < 4.78 is 5.04. The second-order valence-electron chi connectivity index (χ2n) is 6.82. The molecule has 28 heavy (non-hydrogen) atoms. The highest BCUT2D eigenvalue weighted by Gasteiger charge is 2.18. The largest absolute Gasteiger partial charge is 0.459 e. The minimum atomic E-state index is -0.322. The molecule has 2 N–H and O–H groups in total. The zero-order chi connectivity index (χ0) is 19.9. The molecule has 0 bridgehead atoms. The van der Waals surface area contributed by atoms with Gasteiger partial charge in [-0.3, -0.25) is 9.59 Å². The van der Waals surface area contributed by atoms with Crippen LogP contribution in [0.15, 0.2) is 64.6 Å². The van der Waals surface area contributed by atoms with Gasteiger partial charge in [0.25, 0.3) is 5.91 Å². The van der Waals surface area contributed by atoms with E-state index in [9.17, 15) is 9.59 Å². The molecule has 0 aliphatic carbocycles. The van der Waals surface area contributed by atoms with E-state index in [1.807, 2.05) is 17.5 Å². The van der Waals surface area contributed by atoms with Crippen LogP contribution in [-0.4, -0.2) is 18.4 Å². The molecule has 3 aromatic rings. The van der Waals surface area contributed by atoms with Crippen LogP contribution in [0.25, 0.3) is 0 Å². The number of rotatable bonds is 8. The molecule has 0 saturated carbocycles. The lowest BCUT2D eigenvalue weighted by Crippen LogP contribution is -2.33. The maximum atomic E-state index is 12.5. The van der Waals surface area contributed by atoms with Gasteiger partial charge in [0.2, 0.25) is 5.91 Å². The Morgan fingerprint density at radius 3 is 2.39 bits per heavy atom. The molecule has 6 heteroatoms. The summed E-state index contributed by atoms with van der Waals surface area (Å²) in [6.07, 6.45) is 1.64. The van der Waals surface area contributed by atoms with Crippen LogP contribution in [0.4, 0.5) is 0 Å². The molecule has 1 atom stereocenters. The number of carbonyl (C=O) groups excluding carboxylic acids is 2. The van der Waals surface area contributed by atoms with Crippen molar-refractivity contribution < 1.29 is 14.0 Å².